The van der Waals surface area contributed by atoms with Crippen LogP contribution in [-0.2, 0) is 5.41 Å². The van der Waals surface area contributed by atoms with Crippen LogP contribution in [0, 0.1) is 0 Å². The van der Waals surface area contributed by atoms with Gasteiger partial charge >= 0.3 is 0 Å². The molecule has 0 saturated heterocycles. The van der Waals surface area contributed by atoms with Crippen LogP contribution in [-0.4, -0.2) is 5.78 Å². The molecule has 5 aromatic carbocycles. The van der Waals surface area contributed by atoms with Crippen molar-refractivity contribution in [2.45, 2.75) is 38.5 Å². The van der Waals surface area contributed by atoms with E-state index in [1.54, 1.807) is 0 Å². The molecule has 0 aromatic heterocycles. The van der Waals surface area contributed by atoms with E-state index in [4.69, 9.17) is 0 Å². The van der Waals surface area contributed by atoms with E-state index in [9.17, 15) is 4.79 Å². The summed E-state index contributed by atoms with van der Waals surface area (Å²) < 4.78 is 0. The number of ketones is 1. The Bertz CT molecular complexity index is 2340. The Morgan fingerprint density at radius 3 is 2.08 bits per heavy atom. The molecule has 0 fully saturated rings. The van der Waals surface area contributed by atoms with Crippen molar-refractivity contribution in [3.63, 3.8) is 0 Å². The minimum Gasteiger partial charge on any atom is -0.314 e. The highest BCUT2D eigenvalue weighted by Crippen LogP contribution is 2.50. The minimum atomic E-state index is -0.0898. The van der Waals surface area contributed by atoms with Gasteiger partial charge in [-0.3, -0.25) is 4.79 Å². The summed E-state index contributed by atoms with van der Waals surface area (Å²) >= 11 is 0. The lowest BCUT2D eigenvalue weighted by Crippen LogP contribution is -2.23. The predicted molar refractivity (Wildman–Crippen MR) is 203 cm³/mol. The number of hydrogen-bond acceptors (Lipinski definition) is 2. The zero-order valence-electron chi connectivity index (χ0n) is 27.9. The molecular weight excluding hydrogens is 595 g/mol. The molecule has 4 aliphatic rings. The minimum absolute atomic E-state index is 0.0898. The average molecular weight is 632 g/mol. The third-order valence-corrected chi connectivity index (χ3v) is 10.8. The largest absolute Gasteiger partial charge is 0.314 e. The van der Waals surface area contributed by atoms with Crippen LogP contribution in [0.1, 0.15) is 71.3 Å². The molecule has 4 aliphatic carbocycles. The normalized spacial score (nSPS) is 16.7. The maximum atomic E-state index is 13.7. The smallest absolute Gasteiger partial charge is 0.194 e. The summed E-state index contributed by atoms with van der Waals surface area (Å²) in [6.45, 7) is 4.69. The second-order valence-electron chi connectivity index (χ2n) is 13.9. The number of benzene rings is 5. The molecule has 0 N–H and O–H groups in total. The molecule has 0 atom stereocenters. The Labute approximate surface area is 288 Å². The first-order valence-corrected chi connectivity index (χ1v) is 17.3. The number of carbonyl (C=O) groups is 1. The maximum absolute atomic E-state index is 13.7. The molecule has 0 bridgehead atoms. The molecule has 236 valence electrons. The Kier molecular flexibility index (Phi) is 6.88. The van der Waals surface area contributed by atoms with Gasteiger partial charge in [-0.05, 0) is 105 Å². The third-order valence-electron chi connectivity index (χ3n) is 10.8. The number of hydrogen-bond donors (Lipinski definition) is 0. The van der Waals surface area contributed by atoms with Crippen molar-refractivity contribution >= 4 is 22.6 Å². The molecule has 0 radical (unpaired) electrons. The molecule has 0 saturated carbocycles. The van der Waals surface area contributed by atoms with Gasteiger partial charge in [0.15, 0.2) is 5.78 Å². The number of anilines is 1. The molecule has 2 nitrogen and oxygen atoms in total. The van der Waals surface area contributed by atoms with E-state index < -0.39 is 0 Å². The van der Waals surface area contributed by atoms with Gasteiger partial charge < -0.3 is 4.90 Å². The monoisotopic (exact) mass is 631 g/mol. The number of nitrogens with zero attached hydrogens (tertiary/aromatic N) is 1. The van der Waals surface area contributed by atoms with Gasteiger partial charge in [-0.25, -0.2) is 0 Å². The van der Waals surface area contributed by atoms with E-state index in [0.717, 1.165) is 58.3 Å². The molecule has 0 amide bonds. The number of carbonyl (C=O) groups excluding carboxylic acids is 1. The molecule has 2 heteroatoms. The highest BCUT2D eigenvalue weighted by atomic mass is 16.1. The first kappa shape index (κ1) is 29.4. The lowest BCUT2D eigenvalue weighted by Gasteiger charge is -2.32. The summed E-state index contributed by atoms with van der Waals surface area (Å²) in [5.41, 5.74) is 17.4. The van der Waals surface area contributed by atoms with E-state index in [1.807, 2.05) is 18.2 Å². The standard InChI is InChI=1S/C47H37NO/c1-47(2)43-21-9-8-17-39(43)40-29-28-36(30-44(40)47)48(35-25-22-32(23-26-35)31-12-4-3-5-13-31)34-15-10-14-33(24-27-34)37-19-11-20-41-38-16-6-7-18-42(38)46(49)45(37)41/h3-13,15-22,24-25,27-30H,14,23,26H2,1-2H3. The van der Waals surface area contributed by atoms with Crippen LogP contribution in [0.5, 0.6) is 0 Å². The van der Waals surface area contributed by atoms with Crippen LogP contribution in [0.4, 0.5) is 5.69 Å². The highest BCUT2D eigenvalue weighted by Gasteiger charge is 2.36. The van der Waals surface area contributed by atoms with E-state index in [-0.39, 0.29) is 11.2 Å². The lowest BCUT2D eigenvalue weighted by atomic mass is 9.82. The quantitative estimate of drug-likeness (QED) is 0.189. The zero-order chi connectivity index (χ0) is 33.1. The fourth-order valence-corrected chi connectivity index (χ4v) is 8.32. The maximum Gasteiger partial charge on any atom is 0.194 e. The van der Waals surface area contributed by atoms with Gasteiger partial charge in [-0.1, -0.05) is 135 Å². The van der Waals surface area contributed by atoms with Crippen molar-refractivity contribution in [1.82, 2.24) is 0 Å². The van der Waals surface area contributed by atoms with Crippen LogP contribution in [0.2, 0.25) is 0 Å². The summed E-state index contributed by atoms with van der Waals surface area (Å²) in [6.07, 6.45) is 16.3. The summed E-state index contributed by atoms with van der Waals surface area (Å²) in [4.78, 5) is 16.1. The van der Waals surface area contributed by atoms with Crippen LogP contribution in [0.15, 0.2) is 163 Å². The van der Waals surface area contributed by atoms with Gasteiger partial charge in [-0.15, -0.1) is 0 Å². The predicted octanol–water partition coefficient (Wildman–Crippen LogP) is 11.7. The van der Waals surface area contributed by atoms with Crippen molar-refractivity contribution in [2.75, 3.05) is 4.90 Å². The van der Waals surface area contributed by atoms with E-state index in [2.05, 4.69) is 152 Å². The topological polar surface area (TPSA) is 20.3 Å². The van der Waals surface area contributed by atoms with Crippen LogP contribution in [0.3, 0.4) is 0 Å². The van der Waals surface area contributed by atoms with Crippen LogP contribution >= 0.6 is 0 Å². The summed E-state index contributed by atoms with van der Waals surface area (Å²) in [7, 11) is 0. The molecule has 0 aliphatic heterocycles. The van der Waals surface area contributed by atoms with Crippen molar-refractivity contribution in [3.05, 3.63) is 196 Å². The van der Waals surface area contributed by atoms with Crippen LogP contribution < -0.4 is 4.90 Å². The SMILES string of the molecule is CC1(C)c2ccccc2-c2ccc(N(C3=CC=C(c4cccc5c4C(=O)c4ccccc4-5)CC=C3)C3=CC=C(c4ccccc4)CC3)cc21. The fraction of sp³-hybridized carbons (Fsp3) is 0.128. The lowest BCUT2D eigenvalue weighted by molar-refractivity contribution is 0.104. The first-order chi connectivity index (χ1) is 24.0. The van der Waals surface area contributed by atoms with Crippen LogP contribution in [0.25, 0.3) is 33.4 Å². The molecule has 49 heavy (non-hydrogen) atoms. The average Bonchev–Trinajstić information content (AvgIpc) is 3.41. The van der Waals surface area contributed by atoms with Gasteiger partial charge in [0.05, 0.1) is 0 Å². The highest BCUT2D eigenvalue weighted by molar-refractivity contribution is 6.23. The molecule has 0 spiro atoms. The van der Waals surface area contributed by atoms with Gasteiger partial charge in [0.2, 0.25) is 0 Å². The zero-order valence-corrected chi connectivity index (χ0v) is 27.9. The number of rotatable bonds is 5. The molecular formula is C47H37NO. The second-order valence-corrected chi connectivity index (χ2v) is 13.9. The first-order valence-electron chi connectivity index (χ1n) is 17.3. The Hall–Kier alpha value is -5.73. The van der Waals surface area contributed by atoms with Gasteiger partial charge in [0.25, 0.3) is 0 Å². The number of allylic oxidation sites excluding steroid dienone is 9. The third kappa shape index (κ3) is 4.74. The van der Waals surface area contributed by atoms with Crippen molar-refractivity contribution in [1.29, 1.82) is 0 Å². The van der Waals surface area contributed by atoms with E-state index >= 15 is 0 Å². The molecule has 9 rings (SSSR count). The van der Waals surface area contributed by atoms with Crippen molar-refractivity contribution in [2.24, 2.45) is 0 Å². The summed E-state index contributed by atoms with van der Waals surface area (Å²) in [5.74, 6) is 0.122. The van der Waals surface area contributed by atoms with Crippen molar-refractivity contribution < 1.29 is 4.79 Å². The van der Waals surface area contributed by atoms with E-state index in [1.165, 1.54) is 44.8 Å². The Morgan fingerprint density at radius 2 is 1.27 bits per heavy atom. The number of fused-ring (bicyclic) bond motifs is 6. The molecule has 0 heterocycles. The molecule has 0 unspecified atom stereocenters. The second kappa shape index (κ2) is 11.5. The van der Waals surface area contributed by atoms with Gasteiger partial charge in [0, 0.05) is 33.6 Å². The summed E-state index contributed by atoms with van der Waals surface area (Å²) in [6, 6.07) is 40.8. The van der Waals surface area contributed by atoms with Crippen molar-refractivity contribution in [3.8, 4) is 22.3 Å². The van der Waals surface area contributed by atoms with Gasteiger partial charge in [0.1, 0.15) is 0 Å². The Morgan fingerprint density at radius 1 is 0.571 bits per heavy atom. The Balaban J connectivity index is 1.15. The van der Waals surface area contributed by atoms with E-state index in [0.29, 0.717) is 0 Å². The summed E-state index contributed by atoms with van der Waals surface area (Å²) in [5, 5.41) is 0. The molecule has 5 aromatic rings. The van der Waals surface area contributed by atoms with Gasteiger partial charge in [-0.2, -0.15) is 0 Å². The fourth-order valence-electron chi connectivity index (χ4n) is 8.32.